The number of piperazine rings is 1. The molecule has 10 rings (SSSR count). The van der Waals surface area contributed by atoms with Crippen molar-refractivity contribution in [3.05, 3.63) is 69.3 Å². The van der Waals surface area contributed by atoms with Gasteiger partial charge in [0.2, 0.25) is 0 Å². The molecule has 56 heavy (non-hydrogen) atoms. The summed E-state index contributed by atoms with van der Waals surface area (Å²) in [5.41, 5.74) is 7.07. The molecule has 2 N–H and O–H groups in total. The molecule has 290 valence electrons. The minimum Gasteiger partial charge on any atom is -0.461 e. The van der Waals surface area contributed by atoms with Crippen molar-refractivity contribution in [2.75, 3.05) is 36.9 Å². The van der Waals surface area contributed by atoms with E-state index in [0.717, 1.165) is 32.2 Å². The number of rotatable bonds is 7. The van der Waals surface area contributed by atoms with Crippen LogP contribution >= 0.6 is 0 Å². The fraction of sp³-hybridized carbons (Fsp3) is 0.476. The second kappa shape index (κ2) is 13.0. The zero-order valence-electron chi connectivity index (χ0n) is 31.3. The zero-order valence-corrected chi connectivity index (χ0v) is 31.3. The van der Waals surface area contributed by atoms with Crippen LogP contribution in [0.2, 0.25) is 0 Å². The van der Waals surface area contributed by atoms with Gasteiger partial charge in [-0.2, -0.15) is 9.97 Å². The number of anilines is 2. The highest BCUT2D eigenvalue weighted by atomic mass is 19.1. The van der Waals surface area contributed by atoms with Crippen molar-refractivity contribution < 1.29 is 26.7 Å². The number of benzene rings is 2. The Hall–Kier alpha value is -5.13. The van der Waals surface area contributed by atoms with Crippen LogP contribution in [-0.2, 0) is 13.0 Å². The highest BCUT2D eigenvalue weighted by Gasteiger charge is 2.51. The van der Waals surface area contributed by atoms with Crippen LogP contribution in [0.15, 0.2) is 37.9 Å². The number of halogens is 3. The third-order valence-electron chi connectivity index (χ3n) is 13.0. The lowest BCUT2D eigenvalue weighted by atomic mass is 9.94. The molecule has 11 nitrogen and oxygen atoms in total. The van der Waals surface area contributed by atoms with Gasteiger partial charge in [0.15, 0.2) is 17.3 Å². The molecule has 4 fully saturated rings. The van der Waals surface area contributed by atoms with Gasteiger partial charge in [0.05, 0.1) is 28.7 Å². The Morgan fingerprint density at radius 1 is 1.09 bits per heavy atom. The van der Waals surface area contributed by atoms with Gasteiger partial charge in [-0.25, -0.2) is 22.9 Å². The summed E-state index contributed by atoms with van der Waals surface area (Å²) in [6, 6.07) is 6.20. The monoisotopic (exact) mass is 765 g/mol. The summed E-state index contributed by atoms with van der Waals surface area (Å²) < 4.78 is 64.8. The lowest BCUT2D eigenvalue weighted by Gasteiger charge is -2.47. The summed E-state index contributed by atoms with van der Waals surface area (Å²) in [7, 11) is 0. The SMILES string of the molecule is C#Cc1c(F)ccc2cc(N)cc(-c3nc4c5c(nc(OC[C@@]67CCCN6C[C@H](F)C7)nc5c3F)N3C[C@H]5CC[C@@H]([C@H]3CC4)N5Cc3oc(=O)oc3C(C)C)c12. The molecule has 0 saturated carbocycles. The predicted octanol–water partition coefficient (Wildman–Crippen LogP) is 6.48. The van der Waals surface area contributed by atoms with E-state index < -0.39 is 29.2 Å². The standard InChI is InChI=1S/C42H42F3N7O4/c1-4-26-28(44)8-6-22-14-24(46)15-27(33(22)26)36-35(45)37-34-29(47-36)9-11-31-30-10-7-25(51(30)19-32-38(21(2)3)56-41(53)55-32)18-52(31)39(34)49-40(48-37)54-20-42-12-5-13-50(42)17-23(43)16-42/h1,6,8,14-15,21,23,25,30-31H,5,7,9-13,16-20,46H2,2-3H3/t23-,25-,30+,31-,42+/m1/s1. The van der Waals surface area contributed by atoms with Crippen LogP contribution in [0, 0.1) is 24.0 Å². The van der Waals surface area contributed by atoms with E-state index >= 15 is 8.78 Å². The van der Waals surface area contributed by atoms with Crippen LogP contribution in [0.3, 0.4) is 0 Å². The van der Waals surface area contributed by atoms with Crippen molar-refractivity contribution in [1.82, 2.24) is 24.8 Å². The van der Waals surface area contributed by atoms with Gasteiger partial charge in [-0.15, -0.1) is 6.42 Å². The van der Waals surface area contributed by atoms with Gasteiger partial charge >= 0.3 is 11.8 Å². The van der Waals surface area contributed by atoms with E-state index in [1.807, 2.05) is 13.8 Å². The van der Waals surface area contributed by atoms with E-state index in [1.54, 1.807) is 18.2 Å². The average Bonchev–Trinajstić information content (AvgIpc) is 3.87. The van der Waals surface area contributed by atoms with Crippen molar-refractivity contribution in [2.24, 2.45) is 0 Å². The number of fused-ring (bicyclic) bond motifs is 7. The van der Waals surface area contributed by atoms with Crippen LogP contribution in [0.4, 0.5) is 24.7 Å². The summed E-state index contributed by atoms with van der Waals surface area (Å²) in [5, 5.41) is 1.39. The highest BCUT2D eigenvalue weighted by Crippen LogP contribution is 2.47. The summed E-state index contributed by atoms with van der Waals surface area (Å²) in [6.45, 7) is 6.29. The molecule has 0 spiro atoms. The fourth-order valence-corrected chi connectivity index (χ4v) is 10.6. The molecule has 0 aliphatic carbocycles. The van der Waals surface area contributed by atoms with Gasteiger partial charge in [-0.05, 0) is 68.7 Å². The first kappa shape index (κ1) is 35.3. The number of hydrogen-bond donors (Lipinski definition) is 1. The number of ether oxygens (including phenoxy) is 1. The van der Waals surface area contributed by atoms with Crippen molar-refractivity contribution in [1.29, 1.82) is 0 Å². The van der Waals surface area contributed by atoms with Crippen LogP contribution in [0.5, 0.6) is 6.01 Å². The first-order valence-electron chi connectivity index (χ1n) is 19.6. The van der Waals surface area contributed by atoms with Crippen molar-refractivity contribution in [3.8, 4) is 29.6 Å². The first-order chi connectivity index (χ1) is 27.0. The van der Waals surface area contributed by atoms with Gasteiger partial charge < -0.3 is 24.2 Å². The van der Waals surface area contributed by atoms with Crippen LogP contribution in [-0.4, -0.2) is 80.8 Å². The Morgan fingerprint density at radius 3 is 2.77 bits per heavy atom. The van der Waals surface area contributed by atoms with Crippen molar-refractivity contribution in [2.45, 2.75) is 101 Å². The number of aromatic nitrogens is 3. The van der Waals surface area contributed by atoms with Crippen molar-refractivity contribution in [3.63, 3.8) is 0 Å². The van der Waals surface area contributed by atoms with Crippen LogP contribution < -0.4 is 21.2 Å². The maximum absolute atomic E-state index is 17.5. The number of terminal acetylenes is 1. The molecule has 4 saturated heterocycles. The molecule has 5 aliphatic heterocycles. The molecule has 5 atom stereocenters. The van der Waals surface area contributed by atoms with Gasteiger partial charge in [-0.3, -0.25) is 9.80 Å². The smallest absolute Gasteiger partial charge is 0.461 e. The Morgan fingerprint density at radius 2 is 1.95 bits per heavy atom. The summed E-state index contributed by atoms with van der Waals surface area (Å²) in [6.07, 6.45) is 9.95. The Balaban J connectivity index is 1.12. The first-order valence-corrected chi connectivity index (χ1v) is 19.6. The third-order valence-corrected chi connectivity index (χ3v) is 13.0. The molecule has 0 amide bonds. The lowest BCUT2D eigenvalue weighted by Crippen LogP contribution is -2.59. The predicted molar refractivity (Wildman–Crippen MR) is 204 cm³/mol. The maximum Gasteiger partial charge on any atom is 0.519 e. The zero-order chi connectivity index (χ0) is 38.6. The number of nitrogens with two attached hydrogens (primary N) is 1. The minimum atomic E-state index is -0.945. The maximum atomic E-state index is 17.5. The second-order valence-corrected chi connectivity index (χ2v) is 16.5. The molecule has 5 aromatic rings. The molecule has 0 unspecified atom stereocenters. The lowest BCUT2D eigenvalue weighted by molar-refractivity contribution is 0.106. The Bertz CT molecular complexity index is 2530. The summed E-state index contributed by atoms with van der Waals surface area (Å²) in [5.74, 6) is 2.03. The molecule has 0 radical (unpaired) electrons. The van der Waals surface area contributed by atoms with Crippen LogP contribution in [0.25, 0.3) is 32.9 Å². The van der Waals surface area contributed by atoms with E-state index in [4.69, 9.17) is 40.7 Å². The molecular formula is C42H42F3N7O4. The minimum absolute atomic E-state index is 0.00278. The van der Waals surface area contributed by atoms with Gasteiger partial charge in [0.1, 0.15) is 35.6 Å². The molecule has 2 bridgehead atoms. The largest absolute Gasteiger partial charge is 0.519 e. The van der Waals surface area contributed by atoms with E-state index in [2.05, 4.69) is 20.6 Å². The average molecular weight is 766 g/mol. The molecular weight excluding hydrogens is 724 g/mol. The molecule has 5 aliphatic rings. The fourth-order valence-electron chi connectivity index (χ4n) is 10.6. The Kier molecular flexibility index (Phi) is 8.17. The normalized spacial score (nSPS) is 25.9. The van der Waals surface area contributed by atoms with Gasteiger partial charge in [-0.1, -0.05) is 25.8 Å². The van der Waals surface area contributed by atoms with Crippen molar-refractivity contribution >= 4 is 33.2 Å². The number of aryl methyl sites for hydroxylation is 1. The summed E-state index contributed by atoms with van der Waals surface area (Å²) in [4.78, 5) is 33.8. The molecule has 2 aromatic carbocycles. The number of nitrogens with zero attached hydrogens (tertiary/aromatic N) is 6. The molecule has 8 heterocycles. The number of alkyl halides is 1. The molecule has 3 aromatic heterocycles. The number of nitrogen functional groups attached to an aromatic ring is 1. The second-order valence-electron chi connectivity index (χ2n) is 16.5. The molecule has 14 heteroatoms. The number of pyridine rings is 1. The van der Waals surface area contributed by atoms with E-state index in [0.29, 0.717) is 83.8 Å². The highest BCUT2D eigenvalue weighted by molar-refractivity contribution is 6.04. The third kappa shape index (κ3) is 5.41. The topological polar surface area (TPSA) is 127 Å². The number of hydrogen-bond acceptors (Lipinski definition) is 11. The quantitative estimate of drug-likeness (QED) is 0.145. The summed E-state index contributed by atoms with van der Waals surface area (Å²) >= 11 is 0. The van der Waals surface area contributed by atoms with E-state index in [9.17, 15) is 9.18 Å². The van der Waals surface area contributed by atoms with Crippen LogP contribution in [0.1, 0.15) is 81.1 Å². The van der Waals surface area contributed by atoms with Gasteiger partial charge in [0, 0.05) is 60.2 Å². The van der Waals surface area contributed by atoms with Gasteiger partial charge in [0.25, 0.3) is 0 Å². The van der Waals surface area contributed by atoms with E-state index in [1.165, 1.54) is 6.07 Å². The van der Waals surface area contributed by atoms with E-state index in [-0.39, 0.29) is 59.0 Å². The Labute approximate surface area is 321 Å².